The van der Waals surface area contributed by atoms with Crippen molar-refractivity contribution >= 4 is 16.7 Å². The molecule has 5 nitrogen and oxygen atoms in total. The number of pyridine rings is 1. The highest BCUT2D eigenvalue weighted by molar-refractivity contribution is 5.91. The van der Waals surface area contributed by atoms with E-state index in [0.29, 0.717) is 24.5 Å². The van der Waals surface area contributed by atoms with E-state index in [4.69, 9.17) is 4.74 Å². The van der Waals surface area contributed by atoms with E-state index in [1.807, 2.05) is 60.5 Å². The largest absolute Gasteiger partial charge is 0.492 e. The average Bonchev–Trinajstić information content (AvgIpc) is 2.78. The predicted octanol–water partition coefficient (Wildman–Crippen LogP) is 5.23. The number of benzene rings is 2. The smallest absolute Gasteiger partial charge is 0.417 e. The van der Waals surface area contributed by atoms with Crippen LogP contribution in [0, 0.1) is 0 Å². The molecule has 0 bridgehead atoms. The topological polar surface area (TPSA) is 51.1 Å². The number of hydrogen-bond donors (Lipinski definition) is 0. The fourth-order valence-corrected chi connectivity index (χ4v) is 3.12. The fraction of sp³-hybridized carbons (Fsp3) is 0.174. The second kappa shape index (κ2) is 8.59. The Hall–Kier alpha value is -3.68. The van der Waals surface area contributed by atoms with Crippen molar-refractivity contribution in [3.8, 4) is 17.1 Å². The first kappa shape index (κ1) is 20.6. The van der Waals surface area contributed by atoms with Crippen LogP contribution in [0.25, 0.3) is 22.3 Å². The lowest BCUT2D eigenvalue weighted by molar-refractivity contribution is -0.137. The Labute approximate surface area is 177 Å². The van der Waals surface area contributed by atoms with Crippen molar-refractivity contribution in [3.63, 3.8) is 0 Å². The monoisotopic (exact) mass is 424 g/mol. The Balaban J connectivity index is 1.65. The van der Waals surface area contributed by atoms with Crippen LogP contribution in [-0.2, 0) is 6.18 Å². The summed E-state index contributed by atoms with van der Waals surface area (Å²) in [6.45, 7) is 0.940. The first-order valence-corrected chi connectivity index (χ1v) is 9.60. The minimum Gasteiger partial charge on any atom is -0.492 e. The number of aromatic nitrogens is 3. The van der Waals surface area contributed by atoms with Crippen molar-refractivity contribution in [2.75, 3.05) is 25.1 Å². The van der Waals surface area contributed by atoms with Crippen LogP contribution >= 0.6 is 0 Å². The third-order valence-electron chi connectivity index (χ3n) is 4.71. The predicted molar refractivity (Wildman–Crippen MR) is 113 cm³/mol. The Morgan fingerprint density at radius 1 is 0.935 bits per heavy atom. The van der Waals surface area contributed by atoms with Gasteiger partial charge in [0.05, 0.1) is 17.6 Å². The molecular weight excluding hydrogens is 405 g/mol. The molecule has 0 spiro atoms. The van der Waals surface area contributed by atoms with Crippen LogP contribution in [-0.4, -0.2) is 35.2 Å². The average molecular weight is 424 g/mol. The van der Waals surface area contributed by atoms with Gasteiger partial charge in [0.2, 0.25) is 0 Å². The first-order chi connectivity index (χ1) is 14.9. The van der Waals surface area contributed by atoms with E-state index in [0.717, 1.165) is 23.4 Å². The van der Waals surface area contributed by atoms with Gasteiger partial charge in [0.25, 0.3) is 0 Å². The molecule has 0 fully saturated rings. The maximum atomic E-state index is 13.1. The highest BCUT2D eigenvalue weighted by Gasteiger charge is 2.31. The molecule has 0 aliphatic heterocycles. The van der Waals surface area contributed by atoms with Crippen LogP contribution < -0.4 is 9.64 Å². The molecule has 0 amide bonds. The molecule has 0 unspecified atom stereocenters. The number of fused-ring (bicyclic) bond motifs is 1. The van der Waals surface area contributed by atoms with Gasteiger partial charge in [-0.25, -0.2) is 9.97 Å². The maximum absolute atomic E-state index is 13.1. The zero-order valence-corrected chi connectivity index (χ0v) is 16.7. The fourth-order valence-electron chi connectivity index (χ4n) is 3.12. The van der Waals surface area contributed by atoms with E-state index < -0.39 is 11.7 Å². The summed E-state index contributed by atoms with van der Waals surface area (Å²) in [5.41, 5.74) is -0.000530. The van der Waals surface area contributed by atoms with Crippen molar-refractivity contribution < 1.29 is 17.9 Å². The second-order valence-electron chi connectivity index (χ2n) is 6.93. The number of alkyl halides is 3. The Morgan fingerprint density at radius 3 is 2.45 bits per heavy atom. The van der Waals surface area contributed by atoms with Crippen molar-refractivity contribution in [1.29, 1.82) is 0 Å². The molecule has 31 heavy (non-hydrogen) atoms. The highest BCUT2D eigenvalue weighted by atomic mass is 19.4. The lowest BCUT2D eigenvalue weighted by Gasteiger charge is -2.21. The molecule has 0 N–H and O–H groups in total. The van der Waals surface area contributed by atoms with Crippen molar-refractivity contribution in [2.45, 2.75) is 6.18 Å². The van der Waals surface area contributed by atoms with E-state index in [1.54, 1.807) is 6.07 Å². The van der Waals surface area contributed by atoms with Gasteiger partial charge in [0.1, 0.15) is 18.2 Å². The van der Waals surface area contributed by atoms with E-state index >= 15 is 0 Å². The van der Waals surface area contributed by atoms with Gasteiger partial charge in [0.15, 0.2) is 5.82 Å². The van der Waals surface area contributed by atoms with Crippen molar-refractivity contribution in [2.24, 2.45) is 0 Å². The lowest BCUT2D eigenvalue weighted by Crippen LogP contribution is -2.25. The number of para-hydroxylation sites is 2. The standard InChI is InChI=1S/C23H19F3N4O/c1-30(11-12-31-18-7-3-2-4-8-18)22-19-9-5-6-10-20(19)28-21(29-22)16-13-17(15-27-14-16)23(24,25)26/h2-10,13-15H,11-12H2,1H3. The minimum absolute atomic E-state index is 0.183. The molecule has 0 aliphatic carbocycles. The van der Waals surface area contributed by atoms with Gasteiger partial charge in [-0.2, -0.15) is 13.2 Å². The lowest BCUT2D eigenvalue weighted by atomic mass is 10.1. The summed E-state index contributed by atoms with van der Waals surface area (Å²) in [4.78, 5) is 14.7. The molecule has 2 aromatic heterocycles. The summed E-state index contributed by atoms with van der Waals surface area (Å²) < 4.78 is 45.1. The molecule has 4 aromatic rings. The molecule has 2 heterocycles. The molecule has 2 aromatic carbocycles. The molecule has 158 valence electrons. The van der Waals surface area contributed by atoms with Crippen LogP contribution in [0.3, 0.4) is 0 Å². The SMILES string of the molecule is CN(CCOc1ccccc1)c1nc(-c2cncc(C(F)(F)F)c2)nc2ccccc12. The Bertz CT molecular complexity index is 1180. The van der Waals surface area contributed by atoms with Gasteiger partial charge in [-0.1, -0.05) is 30.3 Å². The first-order valence-electron chi connectivity index (χ1n) is 9.60. The number of nitrogens with zero attached hydrogens (tertiary/aromatic N) is 4. The van der Waals surface area contributed by atoms with E-state index in [-0.39, 0.29) is 11.4 Å². The molecule has 0 aliphatic rings. The summed E-state index contributed by atoms with van der Waals surface area (Å²) in [6, 6.07) is 17.8. The molecule has 0 atom stereocenters. The van der Waals surface area contributed by atoms with E-state index in [1.165, 1.54) is 6.20 Å². The summed E-state index contributed by atoms with van der Waals surface area (Å²) in [6.07, 6.45) is -2.37. The normalized spacial score (nSPS) is 11.5. The van der Waals surface area contributed by atoms with Crippen LogP contribution in [0.1, 0.15) is 5.56 Å². The second-order valence-corrected chi connectivity index (χ2v) is 6.93. The third-order valence-corrected chi connectivity index (χ3v) is 4.71. The number of halogens is 3. The van der Waals surface area contributed by atoms with Crippen molar-refractivity contribution in [1.82, 2.24) is 15.0 Å². The van der Waals surface area contributed by atoms with Gasteiger partial charge in [-0.15, -0.1) is 0 Å². The van der Waals surface area contributed by atoms with Crippen LogP contribution in [0.4, 0.5) is 19.0 Å². The van der Waals surface area contributed by atoms with E-state index in [2.05, 4.69) is 15.0 Å². The maximum Gasteiger partial charge on any atom is 0.417 e. The zero-order chi connectivity index (χ0) is 21.8. The number of hydrogen-bond acceptors (Lipinski definition) is 5. The van der Waals surface area contributed by atoms with Gasteiger partial charge in [-0.3, -0.25) is 4.98 Å². The summed E-state index contributed by atoms with van der Waals surface area (Å²) in [7, 11) is 1.86. The molecule has 8 heteroatoms. The number of rotatable bonds is 6. The number of anilines is 1. The molecular formula is C23H19F3N4O. The summed E-state index contributed by atoms with van der Waals surface area (Å²) >= 11 is 0. The van der Waals surface area contributed by atoms with Gasteiger partial charge in [0, 0.05) is 30.4 Å². The molecule has 0 radical (unpaired) electrons. The van der Waals surface area contributed by atoms with Crippen LogP contribution in [0.15, 0.2) is 73.1 Å². The van der Waals surface area contributed by atoms with Crippen LogP contribution in [0.5, 0.6) is 5.75 Å². The van der Waals surface area contributed by atoms with Gasteiger partial charge < -0.3 is 9.64 Å². The number of ether oxygens (including phenoxy) is 1. The van der Waals surface area contributed by atoms with Crippen LogP contribution in [0.2, 0.25) is 0 Å². The Morgan fingerprint density at radius 2 is 1.68 bits per heavy atom. The molecule has 4 rings (SSSR count). The van der Waals surface area contributed by atoms with E-state index in [9.17, 15) is 13.2 Å². The van der Waals surface area contributed by atoms with Gasteiger partial charge >= 0.3 is 6.18 Å². The Kier molecular flexibility index (Phi) is 5.70. The number of likely N-dealkylation sites (N-methyl/N-ethyl adjacent to an activating group) is 1. The van der Waals surface area contributed by atoms with Gasteiger partial charge in [-0.05, 0) is 30.3 Å². The third kappa shape index (κ3) is 4.74. The molecule has 0 saturated carbocycles. The minimum atomic E-state index is -4.49. The van der Waals surface area contributed by atoms with Crippen molar-refractivity contribution in [3.05, 3.63) is 78.6 Å². The highest BCUT2D eigenvalue weighted by Crippen LogP contribution is 2.32. The summed E-state index contributed by atoms with van der Waals surface area (Å²) in [5.74, 6) is 1.55. The summed E-state index contributed by atoms with van der Waals surface area (Å²) in [5, 5.41) is 0.799. The molecule has 0 saturated heterocycles. The zero-order valence-electron chi connectivity index (χ0n) is 16.7. The quantitative estimate of drug-likeness (QED) is 0.425.